The van der Waals surface area contributed by atoms with E-state index in [1.54, 1.807) is 31.2 Å². The third kappa shape index (κ3) is 4.90. The molecule has 0 fully saturated rings. The average Bonchev–Trinajstić information content (AvgIpc) is 3.48. The Morgan fingerprint density at radius 1 is 1.12 bits per heavy atom. The number of carbonyl (C=O) groups is 1. The van der Waals surface area contributed by atoms with Crippen LogP contribution in [0.5, 0.6) is 11.5 Å². The van der Waals surface area contributed by atoms with Crippen molar-refractivity contribution in [3.63, 3.8) is 0 Å². The molecule has 0 aliphatic carbocycles. The van der Waals surface area contributed by atoms with E-state index in [4.69, 9.17) is 14.6 Å². The first-order chi connectivity index (χ1) is 16.1. The molecule has 0 saturated carbocycles. The van der Waals surface area contributed by atoms with Gasteiger partial charge in [-0.15, -0.1) is 0 Å². The maximum absolute atomic E-state index is 13.2. The van der Waals surface area contributed by atoms with Crippen LogP contribution in [0.4, 0.5) is 0 Å². The molecule has 0 radical (unpaired) electrons. The summed E-state index contributed by atoms with van der Waals surface area (Å²) in [6.45, 7) is 2.53. The molecule has 33 heavy (non-hydrogen) atoms. The SMILES string of the molecule is COc1ccc(-c2nn(-c3ccccc3)cc2C(=O)NCCCc2cn[nH]c2C)c(OC)c1. The van der Waals surface area contributed by atoms with Crippen molar-refractivity contribution in [2.24, 2.45) is 0 Å². The van der Waals surface area contributed by atoms with Crippen LogP contribution in [0.25, 0.3) is 16.9 Å². The van der Waals surface area contributed by atoms with Crippen LogP contribution < -0.4 is 14.8 Å². The number of hydrogen-bond acceptors (Lipinski definition) is 5. The molecule has 4 rings (SSSR count). The maximum atomic E-state index is 13.2. The predicted octanol–water partition coefficient (Wildman–Crippen LogP) is 3.95. The van der Waals surface area contributed by atoms with E-state index in [0.717, 1.165) is 29.8 Å². The first kappa shape index (κ1) is 22.1. The van der Waals surface area contributed by atoms with Crippen molar-refractivity contribution in [3.8, 4) is 28.4 Å². The number of ether oxygens (including phenoxy) is 2. The lowest BCUT2D eigenvalue weighted by atomic mass is 10.1. The number of benzene rings is 2. The van der Waals surface area contributed by atoms with Crippen LogP contribution in [-0.4, -0.2) is 46.6 Å². The fourth-order valence-electron chi connectivity index (χ4n) is 3.65. The lowest BCUT2D eigenvalue weighted by molar-refractivity contribution is 0.0954. The van der Waals surface area contributed by atoms with Gasteiger partial charge in [0, 0.05) is 30.1 Å². The Labute approximate surface area is 192 Å². The molecule has 170 valence electrons. The van der Waals surface area contributed by atoms with Crippen LogP contribution in [0.3, 0.4) is 0 Å². The number of methoxy groups -OCH3 is 2. The highest BCUT2D eigenvalue weighted by Gasteiger charge is 2.21. The number of aryl methyl sites for hydroxylation is 2. The highest BCUT2D eigenvalue weighted by molar-refractivity contribution is 6.00. The zero-order valence-corrected chi connectivity index (χ0v) is 19.0. The summed E-state index contributed by atoms with van der Waals surface area (Å²) in [5.74, 6) is 1.06. The number of nitrogens with one attached hydrogen (secondary N) is 2. The summed E-state index contributed by atoms with van der Waals surface area (Å²) >= 11 is 0. The summed E-state index contributed by atoms with van der Waals surface area (Å²) < 4.78 is 12.6. The molecule has 0 bridgehead atoms. The second-order valence-corrected chi connectivity index (χ2v) is 7.62. The van der Waals surface area contributed by atoms with Gasteiger partial charge < -0.3 is 14.8 Å². The van der Waals surface area contributed by atoms with Gasteiger partial charge in [-0.05, 0) is 49.6 Å². The lowest BCUT2D eigenvalue weighted by Gasteiger charge is -2.10. The molecule has 0 unspecified atom stereocenters. The van der Waals surface area contributed by atoms with E-state index in [1.807, 2.05) is 55.6 Å². The van der Waals surface area contributed by atoms with Crippen LogP contribution in [0.1, 0.15) is 28.0 Å². The number of rotatable bonds is 9. The highest BCUT2D eigenvalue weighted by atomic mass is 16.5. The molecule has 2 N–H and O–H groups in total. The summed E-state index contributed by atoms with van der Waals surface area (Å²) in [7, 11) is 3.19. The average molecular weight is 446 g/mol. The van der Waals surface area contributed by atoms with E-state index in [0.29, 0.717) is 34.9 Å². The van der Waals surface area contributed by atoms with Gasteiger partial charge in [-0.2, -0.15) is 10.2 Å². The van der Waals surface area contributed by atoms with Crippen LogP contribution in [0.2, 0.25) is 0 Å². The van der Waals surface area contributed by atoms with Crippen molar-refractivity contribution in [1.29, 1.82) is 0 Å². The molecular formula is C25H27N5O3. The van der Waals surface area contributed by atoms with Gasteiger partial charge in [-0.3, -0.25) is 9.89 Å². The molecule has 0 saturated heterocycles. The normalized spacial score (nSPS) is 10.8. The summed E-state index contributed by atoms with van der Waals surface area (Å²) in [6.07, 6.45) is 5.23. The van der Waals surface area contributed by atoms with E-state index >= 15 is 0 Å². The molecule has 1 amide bonds. The fourth-order valence-corrected chi connectivity index (χ4v) is 3.65. The number of carbonyl (C=O) groups excluding carboxylic acids is 1. The molecule has 0 aliphatic rings. The number of para-hydroxylation sites is 1. The zero-order chi connectivity index (χ0) is 23.2. The molecule has 8 heteroatoms. The minimum Gasteiger partial charge on any atom is -0.497 e. The van der Waals surface area contributed by atoms with Crippen molar-refractivity contribution in [1.82, 2.24) is 25.3 Å². The molecule has 2 aromatic heterocycles. The molecule has 2 aromatic carbocycles. The summed E-state index contributed by atoms with van der Waals surface area (Å²) in [4.78, 5) is 13.2. The van der Waals surface area contributed by atoms with Crippen molar-refractivity contribution in [2.75, 3.05) is 20.8 Å². The Bertz CT molecular complexity index is 1230. The maximum Gasteiger partial charge on any atom is 0.255 e. The molecule has 4 aromatic rings. The van der Waals surface area contributed by atoms with Crippen molar-refractivity contribution in [2.45, 2.75) is 19.8 Å². The smallest absolute Gasteiger partial charge is 0.255 e. The number of aromatic amines is 1. The standard InChI is InChI=1S/C25H27N5O3/c1-17-18(15-27-28-17)8-7-13-26-25(31)22-16-30(19-9-5-4-6-10-19)29-24(22)21-12-11-20(32-2)14-23(21)33-3/h4-6,9-12,14-16H,7-8,13H2,1-3H3,(H,26,31)(H,27,28). The van der Waals surface area contributed by atoms with Crippen LogP contribution in [-0.2, 0) is 6.42 Å². The molecule has 0 spiro atoms. The second-order valence-electron chi connectivity index (χ2n) is 7.62. The summed E-state index contributed by atoms with van der Waals surface area (Å²) in [5, 5.41) is 14.7. The largest absolute Gasteiger partial charge is 0.497 e. The van der Waals surface area contributed by atoms with Gasteiger partial charge in [0.1, 0.15) is 17.2 Å². The van der Waals surface area contributed by atoms with Crippen LogP contribution >= 0.6 is 0 Å². The van der Waals surface area contributed by atoms with Crippen LogP contribution in [0.15, 0.2) is 60.9 Å². The lowest BCUT2D eigenvalue weighted by Crippen LogP contribution is -2.25. The first-order valence-electron chi connectivity index (χ1n) is 10.7. The monoisotopic (exact) mass is 445 g/mol. The number of nitrogens with zero attached hydrogens (tertiary/aromatic N) is 3. The number of H-pyrrole nitrogens is 1. The quantitative estimate of drug-likeness (QED) is 0.381. The molecule has 8 nitrogen and oxygen atoms in total. The van der Waals surface area contributed by atoms with Gasteiger partial charge in [-0.25, -0.2) is 4.68 Å². The topological polar surface area (TPSA) is 94.1 Å². The molecule has 0 atom stereocenters. The van der Waals surface area contributed by atoms with Gasteiger partial charge in [0.05, 0.1) is 31.7 Å². The summed E-state index contributed by atoms with van der Waals surface area (Å²) in [5.41, 5.74) is 4.81. The van der Waals surface area contributed by atoms with Crippen molar-refractivity contribution in [3.05, 3.63) is 77.7 Å². The van der Waals surface area contributed by atoms with E-state index < -0.39 is 0 Å². The Morgan fingerprint density at radius 2 is 1.94 bits per heavy atom. The Morgan fingerprint density at radius 3 is 2.64 bits per heavy atom. The van der Waals surface area contributed by atoms with Gasteiger partial charge in [-0.1, -0.05) is 18.2 Å². The second kappa shape index (κ2) is 10.0. The fraction of sp³-hybridized carbons (Fsp3) is 0.240. The number of aromatic nitrogens is 4. The Hall–Kier alpha value is -4.07. The number of hydrogen-bond donors (Lipinski definition) is 2. The Balaban J connectivity index is 1.61. The van der Waals surface area contributed by atoms with E-state index in [9.17, 15) is 4.79 Å². The van der Waals surface area contributed by atoms with Crippen molar-refractivity contribution < 1.29 is 14.3 Å². The molecule has 0 aliphatic heterocycles. The van der Waals surface area contributed by atoms with E-state index in [1.165, 1.54) is 0 Å². The third-order valence-electron chi connectivity index (χ3n) is 5.49. The number of amides is 1. The van der Waals surface area contributed by atoms with Gasteiger partial charge >= 0.3 is 0 Å². The minimum absolute atomic E-state index is 0.186. The van der Waals surface area contributed by atoms with Gasteiger partial charge in [0.15, 0.2) is 0 Å². The third-order valence-corrected chi connectivity index (χ3v) is 5.49. The molecule has 2 heterocycles. The highest BCUT2D eigenvalue weighted by Crippen LogP contribution is 2.34. The van der Waals surface area contributed by atoms with E-state index in [2.05, 4.69) is 15.5 Å². The zero-order valence-electron chi connectivity index (χ0n) is 19.0. The Kier molecular flexibility index (Phi) is 6.73. The van der Waals surface area contributed by atoms with Crippen molar-refractivity contribution >= 4 is 5.91 Å². The first-order valence-corrected chi connectivity index (χ1v) is 10.7. The van der Waals surface area contributed by atoms with Crippen LogP contribution in [0, 0.1) is 6.92 Å². The summed E-state index contributed by atoms with van der Waals surface area (Å²) in [6, 6.07) is 15.2. The minimum atomic E-state index is -0.186. The van der Waals surface area contributed by atoms with Gasteiger partial charge in [0.25, 0.3) is 5.91 Å². The van der Waals surface area contributed by atoms with E-state index in [-0.39, 0.29) is 5.91 Å². The molecular weight excluding hydrogens is 418 g/mol. The van der Waals surface area contributed by atoms with Gasteiger partial charge in [0.2, 0.25) is 0 Å². The predicted molar refractivity (Wildman–Crippen MR) is 126 cm³/mol.